The van der Waals surface area contributed by atoms with E-state index < -0.39 is 17.8 Å². The molecule has 14 heavy (non-hydrogen) atoms. The van der Waals surface area contributed by atoms with Crippen LogP contribution in [0.1, 0.15) is 20.3 Å². The second-order valence-electron chi connectivity index (χ2n) is 4.41. The van der Waals surface area contributed by atoms with Crippen molar-refractivity contribution < 1.29 is 13.9 Å². The Balaban J connectivity index is 2.71. The van der Waals surface area contributed by atoms with E-state index in [0.717, 1.165) is 13.1 Å². The highest BCUT2D eigenvalue weighted by Crippen LogP contribution is 2.38. The predicted octanol–water partition coefficient (Wildman–Crippen LogP) is 1.59. The Kier molecular flexibility index (Phi) is 3.84. The molecule has 1 rings (SSSR count). The Morgan fingerprint density at radius 2 is 2.21 bits per heavy atom. The molecule has 1 saturated heterocycles. The van der Waals surface area contributed by atoms with Crippen molar-refractivity contribution >= 4 is 0 Å². The highest BCUT2D eigenvalue weighted by Gasteiger charge is 2.43. The number of hydrogen-bond donors (Lipinski definition) is 1. The lowest BCUT2D eigenvalue weighted by atomic mass is 9.73. The van der Waals surface area contributed by atoms with Gasteiger partial charge in [-0.05, 0) is 19.5 Å². The van der Waals surface area contributed by atoms with E-state index in [-0.39, 0.29) is 6.61 Å². The summed E-state index contributed by atoms with van der Waals surface area (Å²) in [5.41, 5.74) is -0.636. The summed E-state index contributed by atoms with van der Waals surface area (Å²) in [6.07, 6.45) is -1.83. The van der Waals surface area contributed by atoms with Gasteiger partial charge in [0.15, 0.2) is 0 Å². The number of alkyl halides is 2. The second kappa shape index (κ2) is 4.53. The van der Waals surface area contributed by atoms with Gasteiger partial charge in [-0.25, -0.2) is 8.78 Å². The molecular weight excluding hydrogens is 188 g/mol. The molecule has 1 aliphatic rings. The molecule has 1 N–H and O–H groups in total. The Labute approximate surface area is 83.9 Å². The number of piperidine rings is 1. The molecule has 0 aromatic rings. The zero-order chi connectivity index (χ0) is 10.8. The van der Waals surface area contributed by atoms with Crippen molar-refractivity contribution in [2.45, 2.75) is 26.7 Å². The minimum atomic E-state index is -2.31. The van der Waals surface area contributed by atoms with Crippen molar-refractivity contribution in [2.75, 3.05) is 26.2 Å². The maximum atomic E-state index is 12.7. The SMILES string of the molecule is CCN1CC[C@H](C(F)F)[C@](C)(CO)C1. The van der Waals surface area contributed by atoms with Gasteiger partial charge in [0.1, 0.15) is 0 Å². The van der Waals surface area contributed by atoms with Crippen LogP contribution in [0, 0.1) is 11.3 Å². The van der Waals surface area contributed by atoms with E-state index in [1.54, 1.807) is 6.92 Å². The molecule has 0 unspecified atom stereocenters. The molecule has 0 aromatic heterocycles. The molecule has 1 aliphatic heterocycles. The van der Waals surface area contributed by atoms with Crippen molar-refractivity contribution in [3.63, 3.8) is 0 Å². The number of likely N-dealkylation sites (tertiary alicyclic amines) is 1. The molecule has 84 valence electrons. The molecule has 1 fully saturated rings. The number of aliphatic hydroxyl groups excluding tert-OH is 1. The molecule has 0 radical (unpaired) electrons. The van der Waals surface area contributed by atoms with Crippen molar-refractivity contribution in [1.82, 2.24) is 4.90 Å². The number of rotatable bonds is 3. The lowest BCUT2D eigenvalue weighted by Crippen LogP contribution is -2.51. The average Bonchev–Trinajstić information content (AvgIpc) is 2.17. The first kappa shape index (κ1) is 11.9. The van der Waals surface area contributed by atoms with Gasteiger partial charge >= 0.3 is 0 Å². The maximum Gasteiger partial charge on any atom is 0.242 e. The van der Waals surface area contributed by atoms with Crippen molar-refractivity contribution in [3.05, 3.63) is 0 Å². The zero-order valence-corrected chi connectivity index (χ0v) is 8.84. The molecule has 0 aromatic carbocycles. The summed E-state index contributed by atoms with van der Waals surface area (Å²) in [6, 6.07) is 0. The van der Waals surface area contributed by atoms with E-state index in [9.17, 15) is 13.9 Å². The highest BCUT2D eigenvalue weighted by molar-refractivity contribution is 4.90. The molecule has 0 bridgehead atoms. The average molecular weight is 207 g/mol. The van der Waals surface area contributed by atoms with Gasteiger partial charge < -0.3 is 10.0 Å². The summed E-state index contributed by atoms with van der Waals surface area (Å²) in [6.45, 7) is 5.78. The Morgan fingerprint density at radius 1 is 1.57 bits per heavy atom. The Hall–Kier alpha value is -0.220. The van der Waals surface area contributed by atoms with E-state index >= 15 is 0 Å². The molecule has 4 heteroatoms. The third kappa shape index (κ3) is 2.23. The van der Waals surface area contributed by atoms with Gasteiger partial charge in [-0.15, -0.1) is 0 Å². The van der Waals surface area contributed by atoms with Gasteiger partial charge in [0.2, 0.25) is 6.43 Å². The summed E-state index contributed by atoms with van der Waals surface area (Å²) < 4.78 is 25.4. The highest BCUT2D eigenvalue weighted by atomic mass is 19.3. The van der Waals surface area contributed by atoms with Crippen LogP contribution in [0.25, 0.3) is 0 Å². The van der Waals surface area contributed by atoms with Gasteiger partial charge in [0.05, 0.1) is 6.61 Å². The zero-order valence-electron chi connectivity index (χ0n) is 8.84. The Morgan fingerprint density at radius 3 is 2.64 bits per heavy atom. The minimum Gasteiger partial charge on any atom is -0.396 e. The number of nitrogens with zero attached hydrogens (tertiary/aromatic N) is 1. The lowest BCUT2D eigenvalue weighted by molar-refractivity contribution is -0.0756. The lowest BCUT2D eigenvalue weighted by Gasteiger charge is -2.44. The number of aliphatic hydroxyl groups is 1. The van der Waals surface area contributed by atoms with Gasteiger partial charge in [-0.2, -0.15) is 0 Å². The second-order valence-corrected chi connectivity index (χ2v) is 4.41. The van der Waals surface area contributed by atoms with Gasteiger partial charge in [-0.3, -0.25) is 0 Å². The largest absolute Gasteiger partial charge is 0.396 e. The number of hydrogen-bond acceptors (Lipinski definition) is 2. The van der Waals surface area contributed by atoms with Crippen LogP contribution in [0.3, 0.4) is 0 Å². The molecule has 0 saturated carbocycles. The van der Waals surface area contributed by atoms with E-state index in [2.05, 4.69) is 4.90 Å². The van der Waals surface area contributed by atoms with E-state index in [1.807, 2.05) is 6.92 Å². The van der Waals surface area contributed by atoms with Crippen LogP contribution in [0.2, 0.25) is 0 Å². The topological polar surface area (TPSA) is 23.5 Å². The molecule has 0 amide bonds. The quantitative estimate of drug-likeness (QED) is 0.759. The van der Waals surface area contributed by atoms with Crippen LogP contribution >= 0.6 is 0 Å². The molecule has 2 nitrogen and oxygen atoms in total. The fourth-order valence-corrected chi connectivity index (χ4v) is 2.24. The van der Waals surface area contributed by atoms with E-state index in [4.69, 9.17) is 0 Å². The van der Waals surface area contributed by atoms with Crippen LogP contribution in [0.5, 0.6) is 0 Å². The third-order valence-electron chi connectivity index (χ3n) is 3.35. The molecule has 0 aliphatic carbocycles. The third-order valence-corrected chi connectivity index (χ3v) is 3.35. The molecule has 2 atom stereocenters. The van der Waals surface area contributed by atoms with Crippen molar-refractivity contribution in [3.8, 4) is 0 Å². The first-order valence-corrected chi connectivity index (χ1v) is 5.15. The molecule has 0 spiro atoms. The standard InChI is InChI=1S/C10H19F2NO/c1-3-13-5-4-8(9(11)12)10(2,6-13)7-14/h8-9,14H,3-7H2,1-2H3/t8-,10+/m1/s1. The van der Waals surface area contributed by atoms with Crippen LogP contribution in [-0.4, -0.2) is 42.7 Å². The van der Waals surface area contributed by atoms with Gasteiger partial charge in [0.25, 0.3) is 0 Å². The fraction of sp³-hybridized carbons (Fsp3) is 1.00. The van der Waals surface area contributed by atoms with Crippen LogP contribution in [0.15, 0.2) is 0 Å². The maximum absolute atomic E-state index is 12.7. The summed E-state index contributed by atoms with van der Waals surface area (Å²) in [7, 11) is 0. The molecular formula is C10H19F2NO. The van der Waals surface area contributed by atoms with Crippen LogP contribution < -0.4 is 0 Å². The summed E-state index contributed by atoms with van der Waals surface area (Å²) in [5.74, 6) is -0.657. The smallest absolute Gasteiger partial charge is 0.242 e. The van der Waals surface area contributed by atoms with Gasteiger partial charge in [0, 0.05) is 17.9 Å². The predicted molar refractivity (Wildman–Crippen MR) is 51.4 cm³/mol. The van der Waals surface area contributed by atoms with Crippen molar-refractivity contribution in [1.29, 1.82) is 0 Å². The first-order valence-electron chi connectivity index (χ1n) is 5.15. The van der Waals surface area contributed by atoms with Crippen molar-refractivity contribution in [2.24, 2.45) is 11.3 Å². The van der Waals surface area contributed by atoms with E-state index in [0.29, 0.717) is 13.0 Å². The first-order chi connectivity index (χ1) is 6.53. The summed E-state index contributed by atoms with van der Waals surface area (Å²) in [4.78, 5) is 2.12. The van der Waals surface area contributed by atoms with E-state index in [1.165, 1.54) is 0 Å². The molecule has 1 heterocycles. The normalized spacial score (nSPS) is 35.1. The van der Waals surface area contributed by atoms with Crippen LogP contribution in [0.4, 0.5) is 8.78 Å². The minimum absolute atomic E-state index is 0.154. The monoisotopic (exact) mass is 207 g/mol. The summed E-state index contributed by atoms with van der Waals surface area (Å²) in [5, 5.41) is 9.22. The number of halogens is 2. The van der Waals surface area contributed by atoms with Gasteiger partial charge in [-0.1, -0.05) is 13.8 Å². The van der Waals surface area contributed by atoms with Crippen LogP contribution in [-0.2, 0) is 0 Å². The fourth-order valence-electron chi connectivity index (χ4n) is 2.24. The summed E-state index contributed by atoms with van der Waals surface area (Å²) >= 11 is 0. The Bertz CT molecular complexity index is 189.